The molecule has 0 N–H and O–H groups in total. The quantitative estimate of drug-likeness (QED) is 0.700. The van der Waals surface area contributed by atoms with E-state index in [-0.39, 0.29) is 0 Å². The first-order valence-electron chi connectivity index (χ1n) is 5.86. The third-order valence-corrected chi connectivity index (χ3v) is 4.06. The fourth-order valence-corrected chi connectivity index (χ4v) is 3.37. The Bertz CT molecular complexity index is 319. The molecule has 0 aromatic heterocycles. The molecule has 0 saturated heterocycles. The topological polar surface area (TPSA) is 18.5 Å². The maximum Gasteiger partial charge on any atom is 0.356 e. The molecular formula is C12H18F2O2Si. The number of rotatable bonds is 7. The predicted octanol–water partition coefficient (Wildman–Crippen LogP) is 2.25. The lowest BCUT2D eigenvalue weighted by Gasteiger charge is -2.16. The summed E-state index contributed by atoms with van der Waals surface area (Å²) in [6.45, 7) is 5.08. The van der Waals surface area contributed by atoms with Crippen LogP contribution in [0.4, 0.5) is 8.78 Å². The third kappa shape index (κ3) is 4.93. The van der Waals surface area contributed by atoms with Gasteiger partial charge in [0.1, 0.15) is 11.6 Å². The lowest BCUT2D eigenvalue weighted by molar-refractivity contribution is 0.207. The molecule has 0 heterocycles. The van der Waals surface area contributed by atoms with Crippen molar-refractivity contribution in [1.82, 2.24) is 0 Å². The summed E-state index contributed by atoms with van der Waals surface area (Å²) in [5.74, 6) is -1.17. The summed E-state index contributed by atoms with van der Waals surface area (Å²) < 4.78 is 37.4. The molecule has 2 nitrogen and oxygen atoms in total. The van der Waals surface area contributed by atoms with E-state index >= 15 is 0 Å². The summed E-state index contributed by atoms with van der Waals surface area (Å²) in [4.78, 5) is 0. The number of hydrogen-bond acceptors (Lipinski definition) is 2. The standard InChI is InChI=1S/C12H18F2O2Si/c1-3-5-15-17(16-6-4-2)12-8-10(13)7-11(14)9-12/h7-9,17H,3-6H2,1-2H3. The highest BCUT2D eigenvalue weighted by molar-refractivity contribution is 6.61. The van der Waals surface area contributed by atoms with E-state index in [1.54, 1.807) is 0 Å². The van der Waals surface area contributed by atoms with Crippen LogP contribution in [0.5, 0.6) is 0 Å². The van der Waals surface area contributed by atoms with Crippen LogP contribution in [0.25, 0.3) is 0 Å². The van der Waals surface area contributed by atoms with Crippen molar-refractivity contribution < 1.29 is 17.6 Å². The van der Waals surface area contributed by atoms with E-state index in [1.165, 1.54) is 12.1 Å². The minimum Gasteiger partial charge on any atom is -0.393 e. The van der Waals surface area contributed by atoms with Gasteiger partial charge in [0.2, 0.25) is 0 Å². The molecule has 96 valence electrons. The van der Waals surface area contributed by atoms with Crippen LogP contribution in [0.15, 0.2) is 18.2 Å². The Balaban J connectivity index is 2.78. The van der Waals surface area contributed by atoms with E-state index < -0.39 is 20.9 Å². The van der Waals surface area contributed by atoms with Crippen LogP contribution in [-0.2, 0) is 8.85 Å². The molecule has 0 aliphatic carbocycles. The van der Waals surface area contributed by atoms with Crippen molar-refractivity contribution in [3.63, 3.8) is 0 Å². The van der Waals surface area contributed by atoms with Gasteiger partial charge in [0, 0.05) is 19.3 Å². The Morgan fingerprint density at radius 3 is 1.82 bits per heavy atom. The van der Waals surface area contributed by atoms with Crippen LogP contribution >= 0.6 is 0 Å². The Kier molecular flexibility index (Phi) is 6.32. The fourth-order valence-electron chi connectivity index (χ4n) is 1.40. The zero-order chi connectivity index (χ0) is 12.7. The van der Waals surface area contributed by atoms with Gasteiger partial charge in [-0.3, -0.25) is 0 Å². The SMILES string of the molecule is CCCO[SiH](OCCC)c1cc(F)cc(F)c1. The highest BCUT2D eigenvalue weighted by Gasteiger charge is 2.18. The lowest BCUT2D eigenvalue weighted by atomic mass is 10.3. The van der Waals surface area contributed by atoms with Crippen LogP contribution < -0.4 is 5.19 Å². The van der Waals surface area contributed by atoms with E-state index in [1.807, 2.05) is 13.8 Å². The van der Waals surface area contributed by atoms with Crippen LogP contribution in [0.2, 0.25) is 0 Å². The first-order chi connectivity index (χ1) is 8.17. The van der Waals surface area contributed by atoms with E-state index in [4.69, 9.17) is 8.85 Å². The molecule has 0 spiro atoms. The average molecular weight is 260 g/mol. The predicted molar refractivity (Wildman–Crippen MR) is 65.6 cm³/mol. The molecule has 0 aliphatic rings. The summed E-state index contributed by atoms with van der Waals surface area (Å²) in [6, 6.07) is 3.45. The molecule has 1 aromatic rings. The van der Waals surface area contributed by atoms with E-state index in [9.17, 15) is 8.78 Å². The third-order valence-electron chi connectivity index (χ3n) is 2.10. The maximum absolute atomic E-state index is 13.1. The van der Waals surface area contributed by atoms with Crippen LogP contribution in [-0.4, -0.2) is 22.5 Å². The van der Waals surface area contributed by atoms with E-state index in [0.717, 1.165) is 18.9 Å². The second-order valence-corrected chi connectivity index (χ2v) is 5.77. The molecule has 0 radical (unpaired) electrons. The van der Waals surface area contributed by atoms with Crippen LogP contribution in [0.3, 0.4) is 0 Å². The van der Waals surface area contributed by atoms with Gasteiger partial charge in [-0.2, -0.15) is 0 Å². The molecular weight excluding hydrogens is 242 g/mol. The number of hydrogen-bond donors (Lipinski definition) is 0. The van der Waals surface area contributed by atoms with E-state index in [2.05, 4.69) is 0 Å². The number of benzene rings is 1. The van der Waals surface area contributed by atoms with Crippen molar-refractivity contribution >= 4 is 14.5 Å². The lowest BCUT2D eigenvalue weighted by Crippen LogP contribution is -2.38. The van der Waals surface area contributed by atoms with Gasteiger partial charge in [0.25, 0.3) is 0 Å². The molecule has 0 fully saturated rings. The minimum absolute atomic E-state index is 0.518. The van der Waals surface area contributed by atoms with Gasteiger partial charge < -0.3 is 8.85 Å². The van der Waals surface area contributed by atoms with Crippen molar-refractivity contribution in [3.8, 4) is 0 Å². The van der Waals surface area contributed by atoms with E-state index in [0.29, 0.717) is 18.4 Å². The molecule has 5 heteroatoms. The summed E-state index contributed by atoms with van der Waals surface area (Å²) >= 11 is 0. The molecule has 1 aromatic carbocycles. The molecule has 0 saturated carbocycles. The summed E-state index contributed by atoms with van der Waals surface area (Å²) in [5, 5.41) is 0.518. The Morgan fingerprint density at radius 2 is 1.41 bits per heavy atom. The first kappa shape index (κ1) is 14.3. The van der Waals surface area contributed by atoms with Crippen LogP contribution in [0, 0.1) is 11.6 Å². The monoisotopic (exact) mass is 260 g/mol. The molecule has 0 amide bonds. The van der Waals surface area contributed by atoms with Crippen LogP contribution in [0.1, 0.15) is 26.7 Å². The smallest absolute Gasteiger partial charge is 0.356 e. The van der Waals surface area contributed by atoms with Crippen molar-refractivity contribution in [2.24, 2.45) is 0 Å². The van der Waals surface area contributed by atoms with Crippen molar-refractivity contribution in [1.29, 1.82) is 0 Å². The minimum atomic E-state index is -2.16. The zero-order valence-corrected chi connectivity index (χ0v) is 11.4. The van der Waals surface area contributed by atoms with Gasteiger partial charge in [-0.15, -0.1) is 0 Å². The van der Waals surface area contributed by atoms with Gasteiger partial charge in [-0.05, 0) is 30.2 Å². The first-order valence-corrected chi connectivity index (χ1v) is 7.38. The van der Waals surface area contributed by atoms with Crippen molar-refractivity contribution in [2.45, 2.75) is 26.7 Å². The Labute approximate surface area is 102 Å². The average Bonchev–Trinajstić information content (AvgIpc) is 2.28. The summed E-state index contributed by atoms with van der Waals surface area (Å²) in [7, 11) is -2.16. The highest BCUT2D eigenvalue weighted by atomic mass is 28.3. The molecule has 1 rings (SSSR count). The van der Waals surface area contributed by atoms with Gasteiger partial charge in [-0.1, -0.05) is 13.8 Å². The zero-order valence-electron chi connectivity index (χ0n) is 10.2. The second-order valence-electron chi connectivity index (χ2n) is 3.78. The summed E-state index contributed by atoms with van der Waals surface area (Å²) in [5.41, 5.74) is 0. The van der Waals surface area contributed by atoms with Gasteiger partial charge in [0.15, 0.2) is 0 Å². The summed E-state index contributed by atoms with van der Waals surface area (Å²) in [6.07, 6.45) is 1.72. The van der Waals surface area contributed by atoms with Gasteiger partial charge >= 0.3 is 9.28 Å². The second kappa shape index (κ2) is 7.52. The molecule has 0 bridgehead atoms. The fraction of sp³-hybridized carbons (Fsp3) is 0.500. The largest absolute Gasteiger partial charge is 0.393 e. The Morgan fingerprint density at radius 1 is 0.941 bits per heavy atom. The van der Waals surface area contributed by atoms with Crippen molar-refractivity contribution in [2.75, 3.05) is 13.2 Å². The normalized spacial score (nSPS) is 11.1. The van der Waals surface area contributed by atoms with Gasteiger partial charge in [-0.25, -0.2) is 8.78 Å². The molecule has 0 unspecified atom stereocenters. The molecule has 0 atom stereocenters. The number of halogens is 2. The molecule has 0 aliphatic heterocycles. The highest BCUT2D eigenvalue weighted by Crippen LogP contribution is 2.03. The Hall–Kier alpha value is -0.783. The van der Waals surface area contributed by atoms with Gasteiger partial charge in [0.05, 0.1) is 0 Å². The van der Waals surface area contributed by atoms with Crippen molar-refractivity contribution in [3.05, 3.63) is 29.8 Å². The molecule has 17 heavy (non-hydrogen) atoms. The maximum atomic E-state index is 13.1.